The first-order valence-electron chi connectivity index (χ1n) is 8.96. The molecule has 2 aromatic rings. The van der Waals surface area contributed by atoms with Gasteiger partial charge in [0.2, 0.25) is 5.91 Å². The van der Waals surface area contributed by atoms with Crippen molar-refractivity contribution in [2.45, 2.75) is 32.0 Å². The van der Waals surface area contributed by atoms with Crippen molar-refractivity contribution in [1.82, 2.24) is 15.1 Å². The molecule has 1 aromatic carbocycles. The van der Waals surface area contributed by atoms with Crippen LogP contribution in [0.25, 0.3) is 0 Å². The number of amides is 2. The summed E-state index contributed by atoms with van der Waals surface area (Å²) in [5, 5.41) is 2.68. The number of fused-ring (bicyclic) bond motifs is 2. The monoisotopic (exact) mass is 369 g/mol. The van der Waals surface area contributed by atoms with Crippen molar-refractivity contribution in [2.24, 2.45) is 0 Å². The van der Waals surface area contributed by atoms with E-state index in [1.165, 1.54) is 16.0 Å². The number of benzene rings is 1. The Morgan fingerprint density at radius 1 is 1.15 bits per heavy atom. The Kier molecular flexibility index (Phi) is 4.54. The quantitative estimate of drug-likeness (QED) is 0.882. The van der Waals surface area contributed by atoms with E-state index in [9.17, 15) is 9.59 Å². The highest BCUT2D eigenvalue weighted by molar-refractivity contribution is 7.14. The number of nitrogens with one attached hydrogen (secondary N) is 1. The molecule has 6 heteroatoms. The molecule has 4 rings (SSSR count). The average Bonchev–Trinajstić information content (AvgIpc) is 3.09. The second-order valence-electron chi connectivity index (χ2n) is 7.05. The number of rotatable bonds is 2. The lowest BCUT2D eigenvalue weighted by molar-refractivity contribution is -0.138. The topological polar surface area (TPSA) is 52.7 Å². The molecule has 0 aliphatic carbocycles. The lowest BCUT2D eigenvalue weighted by Crippen LogP contribution is -2.51. The van der Waals surface area contributed by atoms with Gasteiger partial charge in [-0.15, -0.1) is 11.3 Å². The number of thiophene rings is 1. The molecule has 1 aromatic heterocycles. The third-order valence-electron chi connectivity index (χ3n) is 5.40. The molecule has 2 aliphatic rings. The van der Waals surface area contributed by atoms with E-state index in [1.807, 2.05) is 24.1 Å². The van der Waals surface area contributed by atoms with Gasteiger partial charge in [-0.25, -0.2) is 0 Å². The third kappa shape index (κ3) is 3.04. The smallest absolute Gasteiger partial charge is 0.261 e. The van der Waals surface area contributed by atoms with Gasteiger partial charge < -0.3 is 10.2 Å². The summed E-state index contributed by atoms with van der Waals surface area (Å²) in [5.74, 6) is 0.145. The molecule has 0 radical (unpaired) electrons. The van der Waals surface area contributed by atoms with E-state index in [1.54, 1.807) is 18.4 Å². The average molecular weight is 369 g/mol. The summed E-state index contributed by atoms with van der Waals surface area (Å²) in [6.07, 6.45) is 1.59. The van der Waals surface area contributed by atoms with Gasteiger partial charge in [0.25, 0.3) is 5.91 Å². The maximum absolute atomic E-state index is 13.2. The lowest BCUT2D eigenvalue weighted by Gasteiger charge is -2.37. The van der Waals surface area contributed by atoms with Crippen LogP contribution < -0.4 is 5.32 Å². The molecule has 0 saturated carbocycles. The molecule has 0 fully saturated rings. The summed E-state index contributed by atoms with van der Waals surface area (Å²) in [6, 6.07) is 10.2. The van der Waals surface area contributed by atoms with Gasteiger partial charge in [0.05, 0.1) is 10.9 Å². The highest BCUT2D eigenvalue weighted by atomic mass is 32.1. The van der Waals surface area contributed by atoms with E-state index >= 15 is 0 Å². The Morgan fingerprint density at radius 2 is 1.92 bits per heavy atom. The van der Waals surface area contributed by atoms with Crippen molar-refractivity contribution in [3.8, 4) is 0 Å². The molecule has 0 unspecified atom stereocenters. The van der Waals surface area contributed by atoms with Crippen LogP contribution in [0.15, 0.2) is 30.3 Å². The molecule has 3 heterocycles. The molecular formula is C20H23N3O2S. The molecule has 1 atom stereocenters. The summed E-state index contributed by atoms with van der Waals surface area (Å²) in [5.41, 5.74) is 3.71. The van der Waals surface area contributed by atoms with Gasteiger partial charge in [0, 0.05) is 31.6 Å². The van der Waals surface area contributed by atoms with Crippen molar-refractivity contribution >= 4 is 23.2 Å². The first kappa shape index (κ1) is 17.2. The summed E-state index contributed by atoms with van der Waals surface area (Å²) >= 11 is 1.55. The fourth-order valence-corrected chi connectivity index (χ4v) is 5.01. The van der Waals surface area contributed by atoms with Crippen LogP contribution in [0.4, 0.5) is 0 Å². The van der Waals surface area contributed by atoms with E-state index in [-0.39, 0.29) is 17.9 Å². The zero-order chi connectivity index (χ0) is 18.3. The number of hydrogen-bond acceptors (Lipinski definition) is 4. The standard InChI is InChI=1S/C20H23N3O2S/c1-21-19(24)18-10-15-12-23(8-7-17(15)26-18)20(25)16-9-13-5-3-4-6-14(13)11-22(16)2/h3-6,10,16H,7-9,11-12H2,1-2H3,(H,21,24)/t16-/m0/s1. The Bertz CT molecular complexity index is 860. The fourth-order valence-electron chi connectivity index (χ4n) is 3.90. The van der Waals surface area contributed by atoms with E-state index in [4.69, 9.17) is 0 Å². The molecule has 2 amide bonds. The Balaban J connectivity index is 1.51. The zero-order valence-electron chi connectivity index (χ0n) is 15.1. The fraction of sp³-hybridized carbons (Fsp3) is 0.400. The van der Waals surface area contributed by atoms with Gasteiger partial charge in [-0.05, 0) is 42.6 Å². The molecule has 2 aliphatic heterocycles. The highest BCUT2D eigenvalue weighted by Gasteiger charge is 2.34. The SMILES string of the molecule is CNC(=O)c1cc2c(s1)CCN(C(=O)[C@@H]1Cc3ccccc3CN1C)C2. The molecule has 0 saturated heterocycles. The summed E-state index contributed by atoms with van der Waals surface area (Å²) in [6.45, 7) is 2.14. The molecule has 5 nitrogen and oxygen atoms in total. The minimum atomic E-state index is -0.108. The molecule has 1 N–H and O–H groups in total. The minimum Gasteiger partial charge on any atom is -0.354 e. The molecule has 26 heavy (non-hydrogen) atoms. The second kappa shape index (κ2) is 6.85. The van der Waals surface area contributed by atoms with E-state index in [0.717, 1.165) is 36.4 Å². The van der Waals surface area contributed by atoms with Crippen LogP contribution >= 0.6 is 11.3 Å². The van der Waals surface area contributed by atoms with Crippen LogP contribution in [0.2, 0.25) is 0 Å². The van der Waals surface area contributed by atoms with Crippen LogP contribution in [0.3, 0.4) is 0 Å². The van der Waals surface area contributed by atoms with Crippen molar-refractivity contribution < 1.29 is 9.59 Å². The number of likely N-dealkylation sites (N-methyl/N-ethyl adjacent to an activating group) is 1. The van der Waals surface area contributed by atoms with Gasteiger partial charge >= 0.3 is 0 Å². The lowest BCUT2D eigenvalue weighted by atomic mass is 9.93. The van der Waals surface area contributed by atoms with Gasteiger partial charge in [0.1, 0.15) is 0 Å². The van der Waals surface area contributed by atoms with E-state index in [0.29, 0.717) is 6.54 Å². The number of carbonyl (C=O) groups is 2. The van der Waals surface area contributed by atoms with Gasteiger partial charge in [-0.2, -0.15) is 0 Å². The van der Waals surface area contributed by atoms with E-state index < -0.39 is 0 Å². The maximum atomic E-state index is 13.2. The Morgan fingerprint density at radius 3 is 2.69 bits per heavy atom. The number of nitrogens with zero attached hydrogens (tertiary/aromatic N) is 2. The van der Waals surface area contributed by atoms with Crippen LogP contribution in [0.5, 0.6) is 0 Å². The summed E-state index contributed by atoms with van der Waals surface area (Å²) in [7, 11) is 3.68. The van der Waals surface area contributed by atoms with Crippen LogP contribution in [-0.4, -0.2) is 48.3 Å². The van der Waals surface area contributed by atoms with Gasteiger partial charge in [0.15, 0.2) is 0 Å². The first-order chi connectivity index (χ1) is 12.6. The predicted molar refractivity (Wildman–Crippen MR) is 102 cm³/mol. The largest absolute Gasteiger partial charge is 0.354 e. The van der Waals surface area contributed by atoms with Crippen molar-refractivity contribution in [1.29, 1.82) is 0 Å². The summed E-state index contributed by atoms with van der Waals surface area (Å²) in [4.78, 5) is 31.1. The van der Waals surface area contributed by atoms with Crippen molar-refractivity contribution in [3.05, 3.63) is 56.8 Å². The van der Waals surface area contributed by atoms with Crippen LogP contribution in [0.1, 0.15) is 31.2 Å². The zero-order valence-corrected chi connectivity index (χ0v) is 15.9. The van der Waals surface area contributed by atoms with Gasteiger partial charge in [-0.3, -0.25) is 14.5 Å². The van der Waals surface area contributed by atoms with Crippen molar-refractivity contribution in [2.75, 3.05) is 20.6 Å². The highest BCUT2D eigenvalue weighted by Crippen LogP contribution is 2.30. The summed E-state index contributed by atoms with van der Waals surface area (Å²) < 4.78 is 0. The molecule has 0 spiro atoms. The van der Waals surface area contributed by atoms with Crippen molar-refractivity contribution in [3.63, 3.8) is 0 Å². The van der Waals surface area contributed by atoms with Gasteiger partial charge in [-0.1, -0.05) is 24.3 Å². The molecule has 136 valence electrons. The predicted octanol–water partition coefficient (Wildman–Crippen LogP) is 2.05. The van der Waals surface area contributed by atoms with Crippen LogP contribution in [0, 0.1) is 0 Å². The first-order valence-corrected chi connectivity index (χ1v) is 9.78. The number of carbonyl (C=O) groups excluding carboxylic acids is 2. The maximum Gasteiger partial charge on any atom is 0.261 e. The minimum absolute atomic E-state index is 0.0501. The number of hydrogen-bond donors (Lipinski definition) is 1. The second-order valence-corrected chi connectivity index (χ2v) is 8.19. The molecule has 0 bridgehead atoms. The Labute approximate surface area is 157 Å². The van der Waals surface area contributed by atoms with Crippen LogP contribution in [-0.2, 0) is 30.7 Å². The van der Waals surface area contributed by atoms with E-state index in [2.05, 4.69) is 28.4 Å². The Hall–Kier alpha value is -2.18. The normalized spacial score (nSPS) is 19.6. The molecular weight excluding hydrogens is 346 g/mol. The third-order valence-corrected chi connectivity index (χ3v) is 6.63.